The Morgan fingerprint density at radius 3 is 2.38 bits per heavy atom. The predicted molar refractivity (Wildman–Crippen MR) is 77.6 cm³/mol. The van der Waals surface area contributed by atoms with Crippen molar-refractivity contribution in [1.82, 2.24) is 0 Å². The van der Waals surface area contributed by atoms with E-state index in [1.165, 1.54) is 6.08 Å². The van der Waals surface area contributed by atoms with Crippen LogP contribution < -0.4 is 4.74 Å². The molecule has 0 heterocycles. The zero-order valence-electron chi connectivity index (χ0n) is 11.6. The van der Waals surface area contributed by atoms with Crippen LogP contribution in [0.3, 0.4) is 0 Å². The molecule has 4 atom stereocenters. The molecule has 4 N–H and O–H groups in total. The number of rotatable bonds is 4. The van der Waals surface area contributed by atoms with Gasteiger partial charge in [-0.3, -0.25) is 4.99 Å². The van der Waals surface area contributed by atoms with Gasteiger partial charge in [0, 0.05) is 6.21 Å². The van der Waals surface area contributed by atoms with Gasteiger partial charge in [0.25, 0.3) is 0 Å². The van der Waals surface area contributed by atoms with Crippen LogP contribution in [0.5, 0.6) is 5.75 Å². The third-order valence-electron chi connectivity index (χ3n) is 3.48. The lowest BCUT2D eigenvalue weighted by Crippen LogP contribution is -2.48. The summed E-state index contributed by atoms with van der Waals surface area (Å²) in [6.07, 6.45) is -0.817. The van der Waals surface area contributed by atoms with Crippen molar-refractivity contribution in [1.29, 1.82) is 0 Å². The van der Waals surface area contributed by atoms with E-state index >= 15 is 0 Å². The second-order valence-corrected chi connectivity index (χ2v) is 4.87. The zero-order valence-corrected chi connectivity index (χ0v) is 11.6. The van der Waals surface area contributed by atoms with Crippen LogP contribution >= 0.6 is 0 Å². The largest absolute Gasteiger partial charge is 0.497 e. The third kappa shape index (κ3) is 3.48. The number of aliphatic hydroxyl groups excluding tert-OH is 4. The topological polar surface area (TPSA) is 103 Å². The van der Waals surface area contributed by atoms with Gasteiger partial charge in [0.1, 0.15) is 24.1 Å². The van der Waals surface area contributed by atoms with Crippen molar-refractivity contribution < 1.29 is 25.2 Å². The van der Waals surface area contributed by atoms with Gasteiger partial charge in [-0.2, -0.15) is 0 Å². The highest BCUT2D eigenvalue weighted by Crippen LogP contribution is 2.22. The van der Waals surface area contributed by atoms with Crippen molar-refractivity contribution >= 4 is 6.21 Å². The molecule has 4 unspecified atom stereocenters. The van der Waals surface area contributed by atoms with E-state index in [1.54, 1.807) is 37.6 Å². The maximum Gasteiger partial charge on any atom is 0.118 e. The van der Waals surface area contributed by atoms with Crippen LogP contribution in [0.1, 0.15) is 5.56 Å². The summed E-state index contributed by atoms with van der Waals surface area (Å²) in [6, 6.07) is 6.46. The summed E-state index contributed by atoms with van der Waals surface area (Å²) in [5.74, 6) is 0.728. The number of benzene rings is 1. The molecule has 0 radical (unpaired) electrons. The molecule has 2 rings (SSSR count). The maximum absolute atomic E-state index is 9.91. The number of hydrogen-bond donors (Lipinski definition) is 4. The molecule has 6 nitrogen and oxygen atoms in total. The molecule has 21 heavy (non-hydrogen) atoms. The summed E-state index contributed by atoms with van der Waals surface area (Å²) in [4.78, 5) is 4.20. The third-order valence-corrected chi connectivity index (χ3v) is 3.48. The molecule has 1 aliphatic rings. The molecule has 1 aliphatic carbocycles. The highest BCUT2D eigenvalue weighted by atomic mass is 16.5. The number of nitrogens with zero attached hydrogens (tertiary/aromatic N) is 1. The molecule has 0 aliphatic heterocycles. The molecule has 0 bridgehead atoms. The molecule has 0 aromatic heterocycles. The fourth-order valence-corrected chi connectivity index (χ4v) is 2.16. The van der Waals surface area contributed by atoms with Gasteiger partial charge in [-0.15, -0.1) is 0 Å². The number of ether oxygens (including phenoxy) is 1. The van der Waals surface area contributed by atoms with Crippen molar-refractivity contribution in [2.45, 2.75) is 24.4 Å². The van der Waals surface area contributed by atoms with E-state index in [9.17, 15) is 15.3 Å². The van der Waals surface area contributed by atoms with Crippen molar-refractivity contribution in [2.24, 2.45) is 4.99 Å². The SMILES string of the molecule is COc1ccc(C=NC2C=C(CO)C(O)C(O)C2O)cc1. The van der Waals surface area contributed by atoms with Gasteiger partial charge < -0.3 is 25.2 Å². The van der Waals surface area contributed by atoms with Gasteiger partial charge in [-0.05, 0) is 35.4 Å². The molecule has 0 saturated carbocycles. The lowest BCUT2D eigenvalue weighted by atomic mass is 9.88. The Morgan fingerprint density at radius 2 is 1.81 bits per heavy atom. The molecule has 1 aromatic carbocycles. The van der Waals surface area contributed by atoms with Gasteiger partial charge >= 0.3 is 0 Å². The quantitative estimate of drug-likeness (QED) is 0.443. The first-order chi connectivity index (χ1) is 10.1. The minimum Gasteiger partial charge on any atom is -0.497 e. The first-order valence-corrected chi connectivity index (χ1v) is 6.59. The van der Waals surface area contributed by atoms with Crippen LogP contribution in [0.2, 0.25) is 0 Å². The average Bonchev–Trinajstić information content (AvgIpc) is 2.52. The van der Waals surface area contributed by atoms with E-state index in [0.717, 1.165) is 11.3 Å². The second kappa shape index (κ2) is 6.82. The van der Waals surface area contributed by atoms with Crippen LogP contribution in [0, 0.1) is 0 Å². The Morgan fingerprint density at radius 1 is 1.14 bits per heavy atom. The van der Waals surface area contributed by atoms with Crippen LogP contribution in [0.25, 0.3) is 0 Å². The van der Waals surface area contributed by atoms with E-state index in [2.05, 4.69) is 4.99 Å². The smallest absolute Gasteiger partial charge is 0.118 e. The van der Waals surface area contributed by atoms with Crippen LogP contribution in [-0.4, -0.2) is 64.7 Å². The summed E-state index contributed by atoms with van der Waals surface area (Å²) in [6.45, 7) is -0.389. The van der Waals surface area contributed by atoms with Crippen molar-refractivity contribution in [3.63, 3.8) is 0 Å². The Balaban J connectivity index is 2.16. The number of methoxy groups -OCH3 is 1. The zero-order chi connectivity index (χ0) is 15.4. The predicted octanol–water partition coefficient (Wildman–Crippen LogP) is -0.502. The minimum atomic E-state index is -1.37. The number of hydrogen-bond acceptors (Lipinski definition) is 6. The van der Waals surface area contributed by atoms with E-state index in [1.807, 2.05) is 0 Å². The molecule has 114 valence electrons. The Labute approximate surface area is 122 Å². The standard InChI is InChI=1S/C15H19NO5/c1-21-11-4-2-9(3-5-11)7-16-12-6-10(8-17)13(18)15(20)14(12)19/h2-7,12-15,17-20H,8H2,1H3. The number of aliphatic imine (C=N–C) groups is 1. The Kier molecular flexibility index (Phi) is 5.08. The molecule has 1 aromatic rings. The van der Waals surface area contributed by atoms with Crippen molar-refractivity contribution in [3.8, 4) is 5.75 Å². The molecular weight excluding hydrogens is 274 g/mol. The van der Waals surface area contributed by atoms with Crippen LogP contribution in [-0.2, 0) is 0 Å². The summed E-state index contributed by atoms with van der Waals surface area (Å²) < 4.78 is 5.05. The maximum atomic E-state index is 9.91. The first-order valence-electron chi connectivity index (χ1n) is 6.59. The van der Waals surface area contributed by atoms with E-state index in [-0.39, 0.29) is 12.2 Å². The van der Waals surface area contributed by atoms with E-state index in [0.29, 0.717) is 0 Å². The molecule has 6 heteroatoms. The Bertz CT molecular complexity index is 525. The van der Waals surface area contributed by atoms with Gasteiger partial charge in [0.2, 0.25) is 0 Å². The normalized spacial score (nSPS) is 29.5. The minimum absolute atomic E-state index is 0.254. The first kappa shape index (κ1) is 15.7. The highest BCUT2D eigenvalue weighted by Gasteiger charge is 2.36. The summed E-state index contributed by atoms with van der Waals surface area (Å²) in [7, 11) is 1.58. The van der Waals surface area contributed by atoms with Crippen LogP contribution in [0.4, 0.5) is 0 Å². The van der Waals surface area contributed by atoms with Gasteiger partial charge in [0.05, 0.1) is 19.8 Å². The van der Waals surface area contributed by atoms with E-state index in [4.69, 9.17) is 9.84 Å². The fourth-order valence-electron chi connectivity index (χ4n) is 2.16. The van der Waals surface area contributed by atoms with Crippen molar-refractivity contribution in [3.05, 3.63) is 41.5 Å². The molecule has 0 spiro atoms. The highest BCUT2D eigenvalue weighted by molar-refractivity contribution is 5.80. The molecule has 0 fully saturated rings. The fraction of sp³-hybridized carbons (Fsp3) is 0.400. The van der Waals surface area contributed by atoms with Gasteiger partial charge in [-0.25, -0.2) is 0 Å². The molecular formula is C15H19NO5. The summed E-state index contributed by atoms with van der Waals surface area (Å²) >= 11 is 0. The monoisotopic (exact) mass is 293 g/mol. The molecule has 0 amide bonds. The summed E-state index contributed by atoms with van der Waals surface area (Å²) in [5.41, 5.74) is 1.06. The average molecular weight is 293 g/mol. The lowest BCUT2D eigenvalue weighted by molar-refractivity contribution is -0.0592. The van der Waals surface area contributed by atoms with Gasteiger partial charge in [0.15, 0.2) is 0 Å². The lowest BCUT2D eigenvalue weighted by Gasteiger charge is -2.32. The second-order valence-electron chi connectivity index (χ2n) is 4.87. The van der Waals surface area contributed by atoms with Gasteiger partial charge in [-0.1, -0.05) is 6.08 Å². The number of aliphatic hydroxyl groups is 4. The van der Waals surface area contributed by atoms with Crippen molar-refractivity contribution in [2.75, 3.05) is 13.7 Å². The summed E-state index contributed by atoms with van der Waals surface area (Å²) in [5, 5.41) is 38.5. The van der Waals surface area contributed by atoms with Crippen LogP contribution in [0.15, 0.2) is 40.9 Å². The Hall–Kier alpha value is -1.73. The molecule has 0 saturated heterocycles. The van der Waals surface area contributed by atoms with E-state index < -0.39 is 24.4 Å².